The van der Waals surface area contributed by atoms with Gasteiger partial charge in [-0.25, -0.2) is 8.42 Å². The monoisotopic (exact) mass is 631 g/mol. The summed E-state index contributed by atoms with van der Waals surface area (Å²) in [5.74, 6) is -0.534. The van der Waals surface area contributed by atoms with Gasteiger partial charge in [0, 0.05) is 23.0 Å². The van der Waals surface area contributed by atoms with Crippen LogP contribution in [0, 0.1) is 0 Å². The first kappa shape index (κ1) is 33.3. The van der Waals surface area contributed by atoms with E-state index < -0.39 is 28.5 Å². The molecule has 0 aromatic heterocycles. The minimum Gasteiger partial charge on any atom is -0.492 e. The maximum atomic E-state index is 14.1. The number of ether oxygens (including phenoxy) is 1. The molecule has 3 aromatic rings. The van der Waals surface area contributed by atoms with Gasteiger partial charge in [-0.15, -0.1) is 11.8 Å². The van der Waals surface area contributed by atoms with Crippen LogP contribution in [-0.2, 0) is 26.2 Å². The van der Waals surface area contributed by atoms with Crippen LogP contribution < -0.4 is 14.4 Å². The molecule has 0 aliphatic heterocycles. The van der Waals surface area contributed by atoms with Crippen molar-refractivity contribution in [2.45, 2.75) is 56.0 Å². The maximum Gasteiger partial charge on any atom is 0.264 e. The van der Waals surface area contributed by atoms with E-state index in [9.17, 15) is 18.0 Å². The Hall–Kier alpha value is -3.21. The highest BCUT2D eigenvalue weighted by molar-refractivity contribution is 7.98. The van der Waals surface area contributed by atoms with Gasteiger partial charge in [0.05, 0.1) is 17.2 Å². The van der Waals surface area contributed by atoms with Gasteiger partial charge in [-0.1, -0.05) is 49.2 Å². The average Bonchev–Trinajstić information content (AvgIpc) is 2.99. The molecule has 3 aromatic carbocycles. The standard InChI is InChI=1S/C31H38ClN3O5S2/c1-5-7-20-33-31(37)23(3)34(21-24-12-14-25(32)15-13-24)30(36)22-35(28-10-8-9-11-29(28)40-6-2)42(38,39)27-18-16-26(41-4)17-19-27/h8-19,23H,5-7,20-22H2,1-4H3,(H,33,37). The first-order valence-corrected chi connectivity index (χ1v) is 16.9. The number of anilines is 1. The van der Waals surface area contributed by atoms with Crippen LogP contribution in [0.4, 0.5) is 5.69 Å². The van der Waals surface area contributed by atoms with Crippen molar-refractivity contribution in [2.75, 3.05) is 30.3 Å². The molecule has 0 bridgehead atoms. The number of sulfonamides is 1. The Morgan fingerprint density at radius 3 is 2.29 bits per heavy atom. The third-order valence-corrected chi connectivity index (χ3v) is 9.39. The number of hydrogen-bond acceptors (Lipinski definition) is 6. The van der Waals surface area contributed by atoms with E-state index in [1.165, 1.54) is 28.8 Å². The van der Waals surface area contributed by atoms with E-state index in [-0.39, 0.29) is 23.0 Å². The number of nitrogens with one attached hydrogen (secondary N) is 1. The minimum absolute atomic E-state index is 0.0361. The lowest BCUT2D eigenvalue weighted by atomic mass is 10.1. The molecule has 0 saturated heterocycles. The SMILES string of the molecule is CCCCNC(=O)C(C)N(Cc1ccc(Cl)cc1)C(=O)CN(c1ccccc1OCC)S(=O)(=O)c1ccc(SC)cc1. The van der Waals surface area contributed by atoms with Crippen LogP contribution in [0.1, 0.15) is 39.2 Å². The van der Waals surface area contributed by atoms with Gasteiger partial charge in [-0.2, -0.15) is 0 Å². The van der Waals surface area contributed by atoms with Crippen molar-refractivity contribution in [3.05, 3.63) is 83.4 Å². The van der Waals surface area contributed by atoms with Gasteiger partial charge in [-0.3, -0.25) is 13.9 Å². The fourth-order valence-corrected chi connectivity index (χ4v) is 6.19. The summed E-state index contributed by atoms with van der Waals surface area (Å²) in [7, 11) is -4.21. The zero-order valence-corrected chi connectivity index (χ0v) is 26.8. The molecule has 0 radical (unpaired) electrons. The molecule has 2 amide bonds. The number of para-hydroxylation sites is 2. The Morgan fingerprint density at radius 2 is 1.67 bits per heavy atom. The third-order valence-electron chi connectivity index (χ3n) is 6.62. The molecule has 0 fully saturated rings. The van der Waals surface area contributed by atoms with Crippen LogP contribution in [0.15, 0.2) is 82.6 Å². The molecule has 1 atom stereocenters. The predicted molar refractivity (Wildman–Crippen MR) is 170 cm³/mol. The summed E-state index contributed by atoms with van der Waals surface area (Å²) < 4.78 is 35.1. The Kier molecular flexibility index (Phi) is 12.6. The van der Waals surface area contributed by atoms with Crippen molar-refractivity contribution >= 4 is 50.9 Å². The fraction of sp³-hybridized carbons (Fsp3) is 0.355. The molecule has 0 heterocycles. The number of halogens is 1. The molecule has 1 N–H and O–H groups in total. The second-order valence-electron chi connectivity index (χ2n) is 9.56. The highest BCUT2D eigenvalue weighted by atomic mass is 35.5. The van der Waals surface area contributed by atoms with Crippen LogP contribution in [0.25, 0.3) is 0 Å². The number of nitrogens with zero attached hydrogens (tertiary/aromatic N) is 2. The van der Waals surface area contributed by atoms with Crippen molar-refractivity contribution in [3.8, 4) is 5.75 Å². The first-order valence-electron chi connectivity index (χ1n) is 13.8. The lowest BCUT2D eigenvalue weighted by Crippen LogP contribution is -2.51. The summed E-state index contributed by atoms with van der Waals surface area (Å²) in [4.78, 5) is 29.5. The number of amides is 2. The minimum atomic E-state index is -4.21. The molecule has 42 heavy (non-hydrogen) atoms. The number of benzene rings is 3. The summed E-state index contributed by atoms with van der Waals surface area (Å²) in [5.41, 5.74) is 0.978. The second kappa shape index (κ2) is 15.9. The number of hydrogen-bond donors (Lipinski definition) is 1. The number of rotatable bonds is 15. The van der Waals surface area contributed by atoms with Gasteiger partial charge in [0.15, 0.2) is 0 Å². The quantitative estimate of drug-likeness (QED) is 0.164. The average molecular weight is 632 g/mol. The third kappa shape index (κ3) is 8.65. The highest BCUT2D eigenvalue weighted by Crippen LogP contribution is 2.33. The molecule has 8 nitrogen and oxygen atoms in total. The molecular weight excluding hydrogens is 594 g/mol. The van der Waals surface area contributed by atoms with E-state index in [1.807, 2.05) is 13.2 Å². The Labute approximate surface area is 258 Å². The number of unbranched alkanes of at least 4 members (excludes halogenated alkanes) is 1. The molecule has 1 unspecified atom stereocenters. The normalized spacial score (nSPS) is 11.9. The summed E-state index contributed by atoms with van der Waals surface area (Å²) in [6, 6.07) is 19.3. The van der Waals surface area contributed by atoms with Crippen LogP contribution in [-0.4, -0.2) is 57.1 Å². The van der Waals surface area contributed by atoms with E-state index in [1.54, 1.807) is 74.5 Å². The smallest absolute Gasteiger partial charge is 0.264 e. The summed E-state index contributed by atoms with van der Waals surface area (Å²) >= 11 is 7.56. The number of carbonyl (C=O) groups is 2. The molecule has 0 aliphatic carbocycles. The lowest BCUT2D eigenvalue weighted by molar-refractivity contribution is -0.139. The van der Waals surface area contributed by atoms with Crippen LogP contribution in [0.2, 0.25) is 5.02 Å². The second-order valence-corrected chi connectivity index (χ2v) is 12.7. The first-order chi connectivity index (χ1) is 20.1. The zero-order valence-electron chi connectivity index (χ0n) is 24.4. The Bertz CT molecular complexity index is 1430. The topological polar surface area (TPSA) is 96.0 Å². The van der Waals surface area contributed by atoms with Crippen molar-refractivity contribution in [3.63, 3.8) is 0 Å². The van der Waals surface area contributed by atoms with Crippen LogP contribution >= 0.6 is 23.4 Å². The Morgan fingerprint density at radius 1 is 1.00 bits per heavy atom. The predicted octanol–water partition coefficient (Wildman–Crippen LogP) is 5.99. The molecule has 0 aliphatic rings. The van der Waals surface area contributed by atoms with Gasteiger partial charge in [-0.05, 0) is 80.6 Å². The van der Waals surface area contributed by atoms with Gasteiger partial charge in [0.2, 0.25) is 11.8 Å². The van der Waals surface area contributed by atoms with E-state index in [2.05, 4.69) is 5.32 Å². The van der Waals surface area contributed by atoms with Crippen molar-refractivity contribution in [1.29, 1.82) is 0 Å². The highest BCUT2D eigenvalue weighted by Gasteiger charge is 2.33. The Balaban J connectivity index is 2.05. The van der Waals surface area contributed by atoms with Crippen molar-refractivity contribution in [2.24, 2.45) is 0 Å². The number of thioether (sulfide) groups is 1. The lowest BCUT2D eigenvalue weighted by Gasteiger charge is -2.32. The zero-order chi connectivity index (χ0) is 30.7. The van der Waals surface area contributed by atoms with E-state index in [0.717, 1.165) is 27.6 Å². The van der Waals surface area contributed by atoms with E-state index in [0.29, 0.717) is 23.9 Å². The van der Waals surface area contributed by atoms with Crippen molar-refractivity contribution in [1.82, 2.24) is 10.2 Å². The molecule has 11 heteroatoms. The number of carbonyl (C=O) groups excluding carboxylic acids is 2. The van der Waals surface area contributed by atoms with Crippen molar-refractivity contribution < 1.29 is 22.7 Å². The van der Waals surface area contributed by atoms with Gasteiger partial charge in [0.1, 0.15) is 18.3 Å². The van der Waals surface area contributed by atoms with Crippen LogP contribution in [0.3, 0.4) is 0 Å². The summed E-state index contributed by atoms with van der Waals surface area (Å²) in [6.45, 7) is 5.79. The fourth-order valence-electron chi connectivity index (χ4n) is 4.23. The van der Waals surface area contributed by atoms with Crippen LogP contribution in [0.5, 0.6) is 5.75 Å². The van der Waals surface area contributed by atoms with Gasteiger partial charge >= 0.3 is 0 Å². The largest absolute Gasteiger partial charge is 0.492 e. The van der Waals surface area contributed by atoms with Gasteiger partial charge < -0.3 is 15.0 Å². The summed E-state index contributed by atoms with van der Waals surface area (Å²) in [5, 5.41) is 3.42. The van der Waals surface area contributed by atoms with E-state index in [4.69, 9.17) is 16.3 Å². The van der Waals surface area contributed by atoms with E-state index >= 15 is 0 Å². The molecular formula is C31H38ClN3O5S2. The van der Waals surface area contributed by atoms with Gasteiger partial charge in [0.25, 0.3) is 10.0 Å². The molecule has 0 saturated carbocycles. The molecule has 0 spiro atoms. The maximum absolute atomic E-state index is 14.1. The molecule has 3 rings (SSSR count). The summed E-state index contributed by atoms with van der Waals surface area (Å²) in [6.07, 6.45) is 3.62. The molecule has 226 valence electrons.